The maximum Gasteiger partial charge on any atom is 0.130 e. The van der Waals surface area contributed by atoms with E-state index in [4.69, 9.17) is 10.5 Å². The summed E-state index contributed by atoms with van der Waals surface area (Å²) < 4.78 is 6.04. The van der Waals surface area contributed by atoms with Crippen molar-refractivity contribution in [2.24, 2.45) is 5.73 Å². The van der Waals surface area contributed by atoms with Crippen LogP contribution in [0.5, 0.6) is 11.5 Å². The Kier molecular flexibility index (Phi) is 4.46. The van der Waals surface area contributed by atoms with Crippen LogP contribution in [0.15, 0.2) is 42.5 Å². The van der Waals surface area contributed by atoms with Crippen LogP contribution in [-0.4, -0.2) is 0 Å². The minimum Gasteiger partial charge on any atom is -0.457 e. The van der Waals surface area contributed by atoms with Gasteiger partial charge < -0.3 is 10.5 Å². The summed E-state index contributed by atoms with van der Waals surface area (Å²) in [6.07, 6.45) is 0. The van der Waals surface area contributed by atoms with E-state index < -0.39 is 0 Å². The van der Waals surface area contributed by atoms with Crippen LogP contribution >= 0.6 is 0 Å². The number of ether oxygens (including phenoxy) is 1. The van der Waals surface area contributed by atoms with E-state index in [0.717, 1.165) is 22.6 Å². The maximum absolute atomic E-state index is 6.04. The van der Waals surface area contributed by atoms with Gasteiger partial charge in [0.25, 0.3) is 0 Å². The molecule has 2 aromatic carbocycles. The second-order valence-electron chi connectivity index (χ2n) is 5.64. The first-order valence-electron chi connectivity index (χ1n) is 7.11. The van der Waals surface area contributed by atoms with Crippen molar-refractivity contribution in [3.63, 3.8) is 0 Å². The molecule has 0 radical (unpaired) electrons. The molecule has 1 atom stereocenters. The fourth-order valence-corrected chi connectivity index (χ4v) is 2.07. The Morgan fingerprint density at radius 3 is 2.35 bits per heavy atom. The average molecular weight is 269 g/mol. The highest BCUT2D eigenvalue weighted by molar-refractivity contribution is 5.42. The lowest BCUT2D eigenvalue weighted by Gasteiger charge is -2.14. The summed E-state index contributed by atoms with van der Waals surface area (Å²) in [7, 11) is 0. The van der Waals surface area contributed by atoms with Gasteiger partial charge in [-0.3, -0.25) is 0 Å². The van der Waals surface area contributed by atoms with Crippen LogP contribution in [0, 0.1) is 6.92 Å². The summed E-state index contributed by atoms with van der Waals surface area (Å²) in [5.74, 6) is 2.25. The number of benzene rings is 2. The van der Waals surface area contributed by atoms with E-state index >= 15 is 0 Å². The van der Waals surface area contributed by atoms with E-state index in [2.05, 4.69) is 39.0 Å². The van der Waals surface area contributed by atoms with Gasteiger partial charge in [0.15, 0.2) is 0 Å². The largest absolute Gasteiger partial charge is 0.457 e. The van der Waals surface area contributed by atoms with Crippen molar-refractivity contribution in [1.29, 1.82) is 0 Å². The Bertz CT molecular complexity index is 588. The zero-order valence-corrected chi connectivity index (χ0v) is 12.7. The van der Waals surface area contributed by atoms with Gasteiger partial charge in [-0.25, -0.2) is 0 Å². The molecule has 0 aliphatic carbocycles. The van der Waals surface area contributed by atoms with Gasteiger partial charge in [0.1, 0.15) is 11.5 Å². The molecule has 0 saturated heterocycles. The van der Waals surface area contributed by atoms with E-state index in [-0.39, 0.29) is 6.04 Å². The standard InChI is InChI=1S/C18H23NO/c1-12(2)15-9-8-13(3)18(11-15)20-17-7-5-6-16(10-17)14(4)19/h5-12,14H,19H2,1-4H3. The van der Waals surface area contributed by atoms with Crippen LogP contribution in [0.3, 0.4) is 0 Å². The molecule has 0 heterocycles. The highest BCUT2D eigenvalue weighted by Crippen LogP contribution is 2.29. The molecule has 0 amide bonds. The highest BCUT2D eigenvalue weighted by Gasteiger charge is 2.07. The topological polar surface area (TPSA) is 35.2 Å². The second kappa shape index (κ2) is 6.10. The number of aryl methyl sites for hydroxylation is 1. The second-order valence-corrected chi connectivity index (χ2v) is 5.64. The minimum atomic E-state index is 0.0154. The average Bonchev–Trinajstić information content (AvgIpc) is 2.41. The molecule has 0 fully saturated rings. The number of nitrogens with two attached hydrogens (primary N) is 1. The monoisotopic (exact) mass is 269 g/mol. The summed E-state index contributed by atoms with van der Waals surface area (Å²) in [6, 6.07) is 14.4. The lowest BCUT2D eigenvalue weighted by atomic mass is 10.0. The molecule has 2 aromatic rings. The van der Waals surface area contributed by atoms with E-state index in [0.29, 0.717) is 5.92 Å². The van der Waals surface area contributed by atoms with Crippen LogP contribution in [0.4, 0.5) is 0 Å². The molecule has 0 aliphatic heterocycles. The molecule has 0 saturated carbocycles. The van der Waals surface area contributed by atoms with Gasteiger partial charge in [-0.05, 0) is 54.7 Å². The molecule has 0 spiro atoms. The summed E-state index contributed by atoms with van der Waals surface area (Å²) in [5.41, 5.74) is 9.42. The summed E-state index contributed by atoms with van der Waals surface area (Å²) in [5, 5.41) is 0. The third kappa shape index (κ3) is 3.40. The maximum atomic E-state index is 6.04. The van der Waals surface area contributed by atoms with Crippen molar-refractivity contribution in [3.05, 3.63) is 59.2 Å². The predicted molar refractivity (Wildman–Crippen MR) is 84.4 cm³/mol. The Balaban J connectivity index is 2.29. The molecule has 20 heavy (non-hydrogen) atoms. The summed E-state index contributed by atoms with van der Waals surface area (Å²) >= 11 is 0. The third-order valence-electron chi connectivity index (χ3n) is 3.49. The molecular formula is C18H23NO. The molecule has 2 rings (SSSR count). The highest BCUT2D eigenvalue weighted by atomic mass is 16.5. The molecule has 0 bridgehead atoms. The normalized spacial score (nSPS) is 12.5. The fourth-order valence-electron chi connectivity index (χ4n) is 2.07. The van der Waals surface area contributed by atoms with Crippen molar-refractivity contribution >= 4 is 0 Å². The summed E-state index contributed by atoms with van der Waals surface area (Å²) in [6.45, 7) is 8.41. The molecule has 0 aliphatic rings. The lowest BCUT2D eigenvalue weighted by Crippen LogP contribution is -2.04. The molecule has 2 heteroatoms. The van der Waals surface area contributed by atoms with Crippen LogP contribution < -0.4 is 10.5 Å². The lowest BCUT2D eigenvalue weighted by molar-refractivity contribution is 0.476. The minimum absolute atomic E-state index is 0.0154. The van der Waals surface area contributed by atoms with Crippen molar-refractivity contribution in [2.45, 2.75) is 39.7 Å². The number of rotatable bonds is 4. The van der Waals surface area contributed by atoms with E-state index in [1.165, 1.54) is 5.56 Å². The SMILES string of the molecule is Cc1ccc(C(C)C)cc1Oc1cccc(C(C)N)c1. The third-order valence-corrected chi connectivity index (χ3v) is 3.49. The van der Waals surface area contributed by atoms with Crippen molar-refractivity contribution in [3.8, 4) is 11.5 Å². The Labute approximate surface area is 121 Å². The number of hydrogen-bond acceptors (Lipinski definition) is 2. The molecule has 2 N–H and O–H groups in total. The molecule has 1 unspecified atom stereocenters. The smallest absolute Gasteiger partial charge is 0.130 e. The van der Waals surface area contributed by atoms with Crippen LogP contribution in [0.25, 0.3) is 0 Å². The molecule has 2 nitrogen and oxygen atoms in total. The van der Waals surface area contributed by atoms with Crippen molar-refractivity contribution < 1.29 is 4.74 Å². The first-order chi connectivity index (χ1) is 9.47. The van der Waals surface area contributed by atoms with Crippen molar-refractivity contribution in [2.75, 3.05) is 0 Å². The fraction of sp³-hybridized carbons (Fsp3) is 0.333. The molecular weight excluding hydrogens is 246 g/mol. The zero-order chi connectivity index (χ0) is 14.7. The van der Waals surface area contributed by atoms with Gasteiger partial charge in [-0.1, -0.05) is 38.1 Å². The van der Waals surface area contributed by atoms with Gasteiger partial charge in [0.2, 0.25) is 0 Å². The molecule has 0 aromatic heterocycles. The van der Waals surface area contributed by atoms with Gasteiger partial charge >= 0.3 is 0 Å². The Hall–Kier alpha value is -1.80. The van der Waals surface area contributed by atoms with E-state index in [9.17, 15) is 0 Å². The van der Waals surface area contributed by atoms with Gasteiger partial charge in [0.05, 0.1) is 0 Å². The van der Waals surface area contributed by atoms with Gasteiger partial charge in [-0.15, -0.1) is 0 Å². The first kappa shape index (κ1) is 14.6. The van der Waals surface area contributed by atoms with Crippen LogP contribution in [0.2, 0.25) is 0 Å². The first-order valence-corrected chi connectivity index (χ1v) is 7.11. The molecule has 106 valence electrons. The van der Waals surface area contributed by atoms with E-state index in [1.807, 2.05) is 31.2 Å². The van der Waals surface area contributed by atoms with Gasteiger partial charge in [0, 0.05) is 6.04 Å². The Morgan fingerprint density at radius 1 is 0.950 bits per heavy atom. The summed E-state index contributed by atoms with van der Waals surface area (Å²) in [4.78, 5) is 0. The zero-order valence-electron chi connectivity index (χ0n) is 12.7. The van der Waals surface area contributed by atoms with Gasteiger partial charge in [-0.2, -0.15) is 0 Å². The van der Waals surface area contributed by atoms with Crippen molar-refractivity contribution in [1.82, 2.24) is 0 Å². The number of hydrogen-bond donors (Lipinski definition) is 1. The van der Waals surface area contributed by atoms with Crippen LogP contribution in [-0.2, 0) is 0 Å². The Morgan fingerprint density at radius 2 is 1.70 bits per heavy atom. The van der Waals surface area contributed by atoms with Crippen LogP contribution in [0.1, 0.15) is 49.4 Å². The van der Waals surface area contributed by atoms with E-state index in [1.54, 1.807) is 0 Å². The predicted octanol–water partition coefficient (Wildman–Crippen LogP) is 4.93. The quantitative estimate of drug-likeness (QED) is 0.854.